The quantitative estimate of drug-likeness (QED) is 0.371. The lowest BCUT2D eigenvalue weighted by molar-refractivity contribution is 0.363. The molecule has 23 heavy (non-hydrogen) atoms. The Morgan fingerprint density at radius 2 is 1.57 bits per heavy atom. The molecule has 0 aliphatic rings. The monoisotopic (exact) mass is 342 g/mol. The van der Waals surface area contributed by atoms with Crippen molar-refractivity contribution in [3.63, 3.8) is 0 Å². The Morgan fingerprint density at radius 1 is 1.00 bits per heavy atom. The first-order valence-electron chi connectivity index (χ1n) is 8.62. The van der Waals surface area contributed by atoms with E-state index in [1.165, 1.54) is 19.3 Å². The molecule has 1 atom stereocenters. The molecule has 0 saturated carbocycles. The zero-order valence-corrected chi connectivity index (χ0v) is 15.6. The van der Waals surface area contributed by atoms with Crippen molar-refractivity contribution in [2.75, 3.05) is 20.6 Å². The minimum atomic E-state index is -4.02. The summed E-state index contributed by atoms with van der Waals surface area (Å²) in [4.78, 5) is 0. The summed E-state index contributed by atoms with van der Waals surface area (Å²) in [7, 11) is -0.0573. The van der Waals surface area contributed by atoms with Crippen LogP contribution in [0.15, 0.2) is 30.3 Å². The average molecular weight is 343 g/mol. The van der Waals surface area contributed by atoms with Gasteiger partial charge in [0, 0.05) is 0 Å². The van der Waals surface area contributed by atoms with Crippen LogP contribution in [-0.4, -0.2) is 38.9 Å². The van der Waals surface area contributed by atoms with Gasteiger partial charge in [0.25, 0.3) is 10.1 Å². The minimum absolute atomic E-state index is 0.387. The van der Waals surface area contributed by atoms with Gasteiger partial charge in [-0.2, -0.15) is 8.42 Å². The summed E-state index contributed by atoms with van der Waals surface area (Å²) in [6.45, 7) is 2.57. The van der Waals surface area contributed by atoms with Crippen molar-refractivity contribution < 1.29 is 13.0 Å². The van der Waals surface area contributed by atoms with Gasteiger partial charge in [0.1, 0.15) is 17.5 Å². The number of hydrogen-bond acceptors (Lipinski definition) is 2. The van der Waals surface area contributed by atoms with Gasteiger partial charge >= 0.3 is 0 Å². The van der Waals surface area contributed by atoms with Crippen LogP contribution in [0.4, 0.5) is 5.69 Å². The van der Waals surface area contributed by atoms with Crippen molar-refractivity contribution in [2.24, 2.45) is 0 Å². The fraction of sp³-hybridized carbons (Fsp3) is 0.667. The third-order valence-electron chi connectivity index (χ3n) is 4.42. The predicted octanol–water partition coefficient (Wildman–Crippen LogP) is 4.26. The molecule has 0 aliphatic carbocycles. The lowest BCUT2D eigenvalue weighted by Crippen LogP contribution is -2.48. The second-order valence-corrected chi connectivity index (χ2v) is 8.59. The van der Waals surface area contributed by atoms with E-state index < -0.39 is 15.4 Å². The molecule has 0 amide bonds. The van der Waals surface area contributed by atoms with E-state index in [0.29, 0.717) is 17.4 Å². The average Bonchev–Trinajstić information content (AvgIpc) is 2.49. The molecule has 0 aromatic heterocycles. The molecule has 1 aromatic rings. The van der Waals surface area contributed by atoms with E-state index in [9.17, 15) is 13.0 Å². The first-order chi connectivity index (χ1) is 10.8. The predicted molar refractivity (Wildman–Crippen MR) is 98.3 cm³/mol. The van der Waals surface area contributed by atoms with Crippen LogP contribution < -0.4 is 4.48 Å². The number of para-hydroxylation sites is 1. The molecule has 0 bridgehead atoms. The molecule has 0 saturated heterocycles. The molecule has 5 heteroatoms. The highest BCUT2D eigenvalue weighted by Crippen LogP contribution is 2.22. The van der Waals surface area contributed by atoms with E-state index in [0.717, 1.165) is 24.9 Å². The highest BCUT2D eigenvalue weighted by atomic mass is 32.2. The van der Waals surface area contributed by atoms with Crippen LogP contribution >= 0.6 is 0 Å². The lowest BCUT2D eigenvalue weighted by atomic mass is 10.1. The molecule has 1 aromatic carbocycles. The zero-order valence-electron chi connectivity index (χ0n) is 14.7. The van der Waals surface area contributed by atoms with Gasteiger partial charge in [-0.3, -0.25) is 9.04 Å². The van der Waals surface area contributed by atoms with Crippen LogP contribution in [0.5, 0.6) is 0 Å². The molecule has 132 valence electrons. The summed E-state index contributed by atoms with van der Waals surface area (Å²) in [5, 5.41) is -0.705. The van der Waals surface area contributed by atoms with E-state index >= 15 is 0 Å². The summed E-state index contributed by atoms with van der Waals surface area (Å²) in [6, 6.07) is 9.83. The molecule has 4 nitrogen and oxygen atoms in total. The van der Waals surface area contributed by atoms with Crippen molar-refractivity contribution in [1.82, 2.24) is 4.48 Å². The first kappa shape index (κ1) is 20.1. The standard InChI is InChI=1S/C18H31NO3S/c1-4-5-6-7-8-12-15-18(23(20,21)22)16-19(2,3)17-13-10-9-11-14-17/h9-11,13-14,18H,4-8,12,15-16H2,1-3H3/p+1. The molecular formula is C18H32NO3S+. The number of quaternary nitrogens is 1. The topological polar surface area (TPSA) is 54.4 Å². The summed E-state index contributed by atoms with van der Waals surface area (Å²) in [5.41, 5.74) is 1.05. The van der Waals surface area contributed by atoms with E-state index in [4.69, 9.17) is 0 Å². The van der Waals surface area contributed by atoms with Gasteiger partial charge in [0.2, 0.25) is 0 Å². The van der Waals surface area contributed by atoms with Gasteiger partial charge in [-0.05, 0) is 18.6 Å². The van der Waals surface area contributed by atoms with Crippen LogP contribution in [0.25, 0.3) is 0 Å². The molecule has 1 rings (SSSR count). The number of nitrogens with zero attached hydrogens (tertiary/aromatic N) is 1. The van der Waals surface area contributed by atoms with Crippen molar-refractivity contribution >= 4 is 15.8 Å². The zero-order chi connectivity index (χ0) is 17.3. The second-order valence-electron chi connectivity index (χ2n) is 6.90. The Kier molecular flexibility index (Phi) is 8.23. The van der Waals surface area contributed by atoms with Crippen LogP contribution in [0.3, 0.4) is 0 Å². The number of hydrogen-bond donors (Lipinski definition) is 1. The fourth-order valence-electron chi connectivity index (χ4n) is 2.93. The Hall–Kier alpha value is -0.910. The molecule has 0 heterocycles. The number of benzene rings is 1. The van der Waals surface area contributed by atoms with Gasteiger partial charge in [-0.25, -0.2) is 0 Å². The van der Waals surface area contributed by atoms with Gasteiger partial charge in [0.15, 0.2) is 0 Å². The minimum Gasteiger partial charge on any atom is -0.295 e. The van der Waals surface area contributed by atoms with Gasteiger partial charge in [-0.1, -0.05) is 63.6 Å². The van der Waals surface area contributed by atoms with Crippen LogP contribution in [-0.2, 0) is 10.1 Å². The molecule has 0 radical (unpaired) electrons. The first-order valence-corrected chi connectivity index (χ1v) is 10.1. The Balaban J connectivity index is 2.62. The van der Waals surface area contributed by atoms with Gasteiger partial charge < -0.3 is 0 Å². The number of unbranched alkanes of at least 4 members (excludes halogenated alkanes) is 5. The number of rotatable bonds is 11. The smallest absolute Gasteiger partial charge is 0.273 e. The third-order valence-corrected chi connectivity index (χ3v) is 5.64. The molecule has 1 unspecified atom stereocenters. The summed E-state index contributed by atoms with van der Waals surface area (Å²) in [5.74, 6) is 0. The summed E-state index contributed by atoms with van der Waals surface area (Å²) < 4.78 is 33.5. The van der Waals surface area contributed by atoms with Crippen molar-refractivity contribution in [3.05, 3.63) is 30.3 Å². The highest BCUT2D eigenvalue weighted by molar-refractivity contribution is 7.86. The molecular weight excluding hydrogens is 310 g/mol. The Labute approximate surface area is 141 Å². The van der Waals surface area contributed by atoms with Gasteiger partial charge in [0.05, 0.1) is 14.1 Å². The van der Waals surface area contributed by atoms with Crippen LogP contribution in [0, 0.1) is 0 Å². The molecule has 0 fully saturated rings. The van der Waals surface area contributed by atoms with Crippen LogP contribution in [0.2, 0.25) is 0 Å². The van der Waals surface area contributed by atoms with E-state index in [2.05, 4.69) is 6.92 Å². The van der Waals surface area contributed by atoms with E-state index in [-0.39, 0.29) is 0 Å². The molecule has 0 spiro atoms. The maximum Gasteiger partial charge on any atom is 0.273 e. The fourth-order valence-corrected chi connectivity index (χ4v) is 3.96. The third kappa shape index (κ3) is 7.46. The van der Waals surface area contributed by atoms with Crippen molar-refractivity contribution in [2.45, 2.75) is 57.1 Å². The normalized spacial score (nSPS) is 13.9. The maximum atomic E-state index is 11.8. The largest absolute Gasteiger partial charge is 0.295 e. The summed E-state index contributed by atoms with van der Waals surface area (Å²) in [6.07, 6.45) is 7.20. The summed E-state index contributed by atoms with van der Waals surface area (Å²) >= 11 is 0. The maximum absolute atomic E-state index is 11.8. The lowest BCUT2D eigenvalue weighted by Gasteiger charge is -2.32. The van der Waals surface area contributed by atoms with Crippen molar-refractivity contribution in [3.8, 4) is 0 Å². The Bertz CT molecular complexity index is 541. The SMILES string of the molecule is CCCCCCCCC(C[N+](C)(C)c1ccccc1)S(=O)(=O)O. The highest BCUT2D eigenvalue weighted by Gasteiger charge is 2.32. The Morgan fingerprint density at radius 3 is 2.13 bits per heavy atom. The van der Waals surface area contributed by atoms with Gasteiger partial charge in [-0.15, -0.1) is 0 Å². The van der Waals surface area contributed by atoms with E-state index in [1.54, 1.807) is 0 Å². The van der Waals surface area contributed by atoms with Crippen LogP contribution in [0.1, 0.15) is 51.9 Å². The van der Waals surface area contributed by atoms with E-state index in [1.807, 2.05) is 44.4 Å². The molecule has 0 aliphatic heterocycles. The second kappa shape index (κ2) is 9.40. The molecule has 1 N–H and O–H groups in total. The van der Waals surface area contributed by atoms with Crippen molar-refractivity contribution in [1.29, 1.82) is 0 Å².